The van der Waals surface area contributed by atoms with Gasteiger partial charge in [0, 0.05) is 11.1 Å². The number of ketones is 1. The van der Waals surface area contributed by atoms with E-state index in [9.17, 15) is 14.0 Å². The van der Waals surface area contributed by atoms with Crippen molar-refractivity contribution in [1.29, 1.82) is 0 Å². The van der Waals surface area contributed by atoms with Crippen LogP contribution in [0.5, 0.6) is 17.2 Å². The Kier molecular flexibility index (Phi) is 8.08. The molecule has 4 rings (SSSR count). The monoisotopic (exact) mass is 569 g/mol. The summed E-state index contributed by atoms with van der Waals surface area (Å²) in [5.74, 6) is 0.367. The molecule has 0 aliphatic carbocycles. The summed E-state index contributed by atoms with van der Waals surface area (Å²) in [6, 6.07) is 12.1. The van der Waals surface area contributed by atoms with Gasteiger partial charge < -0.3 is 19.5 Å². The van der Waals surface area contributed by atoms with Crippen molar-refractivity contribution >= 4 is 27.6 Å². The first kappa shape index (κ1) is 25.8. The number of aromatic amines is 1. The number of carbonyl (C=O) groups is 2. The number of aromatic nitrogens is 4. The molecule has 0 aliphatic heterocycles. The largest absolute Gasteiger partial charge is 0.494 e. The number of nitrogens with one attached hydrogen (secondary N) is 2. The third-order valence-electron chi connectivity index (χ3n) is 5.22. The molecule has 10 nitrogen and oxygen atoms in total. The Bertz CT molecular complexity index is 1430. The molecule has 4 aromatic rings. The predicted octanol–water partition coefficient (Wildman–Crippen LogP) is 3.98. The van der Waals surface area contributed by atoms with E-state index in [0.717, 1.165) is 0 Å². The van der Waals surface area contributed by atoms with Crippen LogP contribution in [0.3, 0.4) is 0 Å². The lowest BCUT2D eigenvalue weighted by molar-refractivity contribution is 0.0902. The SMILES string of the molecule is COc1cc(C(=O)NCC(=O)c2ccc(OC)c(-c3ccc(F)c(Br)c3)n2)ccc1OCc1ncn[nH]1. The molecule has 0 saturated heterocycles. The number of methoxy groups -OCH3 is 2. The highest BCUT2D eigenvalue weighted by molar-refractivity contribution is 9.10. The van der Waals surface area contributed by atoms with Crippen LogP contribution in [0.4, 0.5) is 4.39 Å². The molecule has 2 aromatic heterocycles. The summed E-state index contributed by atoms with van der Waals surface area (Å²) in [6.07, 6.45) is 1.37. The molecule has 37 heavy (non-hydrogen) atoms. The number of carbonyl (C=O) groups excluding carboxylic acids is 2. The zero-order valence-electron chi connectivity index (χ0n) is 19.7. The highest BCUT2D eigenvalue weighted by Crippen LogP contribution is 2.31. The van der Waals surface area contributed by atoms with Gasteiger partial charge in [-0.25, -0.2) is 14.4 Å². The van der Waals surface area contributed by atoms with Crippen molar-refractivity contribution in [1.82, 2.24) is 25.5 Å². The molecule has 12 heteroatoms. The fourth-order valence-electron chi connectivity index (χ4n) is 3.34. The summed E-state index contributed by atoms with van der Waals surface area (Å²) >= 11 is 3.15. The molecule has 0 unspecified atom stereocenters. The molecule has 0 bridgehead atoms. The number of ether oxygens (including phenoxy) is 3. The molecule has 2 heterocycles. The van der Waals surface area contributed by atoms with Crippen molar-refractivity contribution in [2.75, 3.05) is 20.8 Å². The molecule has 1 amide bonds. The van der Waals surface area contributed by atoms with Gasteiger partial charge in [-0.3, -0.25) is 14.7 Å². The fourth-order valence-corrected chi connectivity index (χ4v) is 3.72. The Balaban J connectivity index is 1.44. The normalized spacial score (nSPS) is 10.6. The number of pyridine rings is 1. The molecule has 190 valence electrons. The summed E-state index contributed by atoms with van der Waals surface area (Å²) in [5, 5.41) is 9.03. The summed E-state index contributed by atoms with van der Waals surface area (Å²) < 4.78 is 30.3. The lowest BCUT2D eigenvalue weighted by Gasteiger charge is -2.12. The highest BCUT2D eigenvalue weighted by atomic mass is 79.9. The Labute approximate surface area is 219 Å². The van der Waals surface area contributed by atoms with Crippen LogP contribution in [0.15, 0.2) is 59.3 Å². The minimum Gasteiger partial charge on any atom is -0.494 e. The van der Waals surface area contributed by atoms with Gasteiger partial charge in [0.05, 0.1) is 25.2 Å². The lowest BCUT2D eigenvalue weighted by atomic mass is 10.1. The number of hydrogen-bond acceptors (Lipinski definition) is 8. The second-order valence-corrected chi connectivity index (χ2v) is 8.42. The van der Waals surface area contributed by atoms with E-state index in [4.69, 9.17) is 14.2 Å². The van der Waals surface area contributed by atoms with E-state index in [2.05, 4.69) is 41.4 Å². The van der Waals surface area contributed by atoms with E-state index >= 15 is 0 Å². The maximum atomic E-state index is 13.7. The lowest BCUT2D eigenvalue weighted by Crippen LogP contribution is -2.30. The molecule has 0 fully saturated rings. The Morgan fingerprint density at radius 3 is 2.51 bits per heavy atom. The van der Waals surface area contributed by atoms with Crippen LogP contribution in [-0.2, 0) is 6.61 Å². The summed E-state index contributed by atoms with van der Waals surface area (Å²) in [6.45, 7) is -0.154. The van der Waals surface area contributed by atoms with Crippen molar-refractivity contribution in [3.63, 3.8) is 0 Å². The molecule has 0 aliphatic rings. The molecule has 0 spiro atoms. The average molecular weight is 570 g/mol. The minimum absolute atomic E-state index is 0.116. The molecular formula is C25H21BrFN5O5. The van der Waals surface area contributed by atoms with Crippen LogP contribution in [0, 0.1) is 5.82 Å². The molecule has 0 saturated carbocycles. The molecule has 2 N–H and O–H groups in total. The van der Waals surface area contributed by atoms with E-state index < -0.39 is 17.5 Å². The first-order valence-electron chi connectivity index (χ1n) is 10.9. The molecular weight excluding hydrogens is 549 g/mol. The third kappa shape index (κ3) is 6.09. The summed E-state index contributed by atoms with van der Waals surface area (Å²) in [4.78, 5) is 33.9. The number of amides is 1. The third-order valence-corrected chi connectivity index (χ3v) is 5.83. The van der Waals surface area contributed by atoms with Crippen LogP contribution in [0.2, 0.25) is 0 Å². The number of rotatable bonds is 10. The Hall–Kier alpha value is -4.32. The number of nitrogens with zero attached hydrogens (tertiary/aromatic N) is 3. The predicted molar refractivity (Wildman–Crippen MR) is 134 cm³/mol. The zero-order chi connectivity index (χ0) is 26.4. The number of hydrogen-bond donors (Lipinski definition) is 2. The zero-order valence-corrected chi connectivity index (χ0v) is 21.3. The molecule has 0 radical (unpaired) electrons. The van der Waals surface area contributed by atoms with Gasteiger partial charge in [0.25, 0.3) is 5.91 Å². The number of Topliss-reactive ketones (excluding diaryl/α,β-unsaturated/α-hetero) is 1. The maximum absolute atomic E-state index is 13.7. The van der Waals surface area contributed by atoms with Gasteiger partial charge in [-0.2, -0.15) is 5.10 Å². The van der Waals surface area contributed by atoms with E-state index in [1.165, 1.54) is 44.8 Å². The second-order valence-electron chi connectivity index (χ2n) is 7.57. The van der Waals surface area contributed by atoms with Crippen molar-refractivity contribution in [2.45, 2.75) is 6.61 Å². The van der Waals surface area contributed by atoms with Crippen molar-refractivity contribution in [2.24, 2.45) is 0 Å². The summed E-state index contributed by atoms with van der Waals surface area (Å²) in [5.41, 5.74) is 1.31. The molecule has 2 aromatic carbocycles. The van der Waals surface area contributed by atoms with Crippen LogP contribution in [0.25, 0.3) is 11.3 Å². The van der Waals surface area contributed by atoms with Crippen LogP contribution in [-0.4, -0.2) is 52.6 Å². The van der Waals surface area contributed by atoms with Crippen LogP contribution in [0.1, 0.15) is 26.7 Å². The topological polar surface area (TPSA) is 128 Å². The number of H-pyrrole nitrogens is 1. The van der Waals surface area contributed by atoms with Crippen LogP contribution >= 0.6 is 15.9 Å². The van der Waals surface area contributed by atoms with E-state index in [0.29, 0.717) is 34.3 Å². The maximum Gasteiger partial charge on any atom is 0.251 e. The van der Waals surface area contributed by atoms with Gasteiger partial charge in [0.2, 0.25) is 0 Å². The van der Waals surface area contributed by atoms with Gasteiger partial charge >= 0.3 is 0 Å². The highest BCUT2D eigenvalue weighted by Gasteiger charge is 2.17. The van der Waals surface area contributed by atoms with Gasteiger partial charge in [0.1, 0.15) is 35.9 Å². The second kappa shape index (κ2) is 11.6. The van der Waals surface area contributed by atoms with E-state index in [1.807, 2.05) is 0 Å². The first-order valence-corrected chi connectivity index (χ1v) is 11.7. The first-order chi connectivity index (χ1) is 17.9. The van der Waals surface area contributed by atoms with Crippen molar-refractivity contribution < 1.29 is 28.2 Å². The number of halogens is 2. The summed E-state index contributed by atoms with van der Waals surface area (Å²) in [7, 11) is 2.92. The van der Waals surface area contributed by atoms with Crippen molar-refractivity contribution in [3.05, 3.63) is 82.2 Å². The molecule has 0 atom stereocenters. The quantitative estimate of drug-likeness (QED) is 0.274. The van der Waals surface area contributed by atoms with E-state index in [1.54, 1.807) is 24.3 Å². The van der Waals surface area contributed by atoms with Gasteiger partial charge in [-0.1, -0.05) is 0 Å². The van der Waals surface area contributed by atoms with Crippen molar-refractivity contribution in [3.8, 4) is 28.5 Å². The minimum atomic E-state index is -0.482. The van der Waals surface area contributed by atoms with E-state index in [-0.39, 0.29) is 28.9 Å². The smallest absolute Gasteiger partial charge is 0.251 e. The average Bonchev–Trinajstić information content (AvgIpc) is 3.45. The van der Waals surface area contributed by atoms with Gasteiger partial charge in [-0.05, 0) is 64.5 Å². The standard InChI is InChI=1S/C25H21BrFN5O5/c1-35-21-8-6-18(31-24(21)14-3-5-17(27)16(26)9-14)19(33)11-28-25(34)15-4-7-20(22(10-15)36-2)37-12-23-29-13-30-32-23/h3-10,13H,11-12H2,1-2H3,(H,28,34)(H,29,30,32). The van der Waals surface area contributed by atoms with Gasteiger partial charge in [0.15, 0.2) is 23.1 Å². The Morgan fingerprint density at radius 2 is 1.81 bits per heavy atom. The Morgan fingerprint density at radius 1 is 1.03 bits per heavy atom. The number of benzene rings is 2. The van der Waals surface area contributed by atoms with Gasteiger partial charge in [-0.15, -0.1) is 0 Å². The van der Waals surface area contributed by atoms with Crippen LogP contribution < -0.4 is 19.5 Å². The fraction of sp³-hybridized carbons (Fsp3) is 0.160.